The van der Waals surface area contributed by atoms with Crippen LogP contribution < -0.4 is 11.0 Å². The Morgan fingerprint density at radius 3 is 2.42 bits per heavy atom. The number of hydrogen-bond acceptors (Lipinski definition) is 5. The topological polar surface area (TPSA) is 124 Å². The van der Waals surface area contributed by atoms with Gasteiger partial charge in [0.1, 0.15) is 5.88 Å². The normalized spacial score (nSPS) is 11.2. The maximum absolute atomic E-state index is 12.0. The summed E-state index contributed by atoms with van der Waals surface area (Å²) in [6.07, 6.45) is 0. The molecule has 0 saturated carbocycles. The van der Waals surface area contributed by atoms with Gasteiger partial charge in [0.25, 0.3) is 11.8 Å². The van der Waals surface area contributed by atoms with Crippen LogP contribution in [0.2, 0.25) is 0 Å². The minimum atomic E-state index is -4.12. The molecule has 0 radical (unpaired) electrons. The Balaban J connectivity index is 3.41. The molecule has 0 aliphatic carbocycles. The van der Waals surface area contributed by atoms with Crippen LogP contribution >= 0.6 is 11.6 Å². The second kappa shape index (κ2) is 5.66. The average molecular weight is 306 g/mol. The van der Waals surface area contributed by atoms with Crippen LogP contribution in [0.3, 0.4) is 0 Å². The number of rotatable bonds is 3. The van der Waals surface area contributed by atoms with E-state index in [9.17, 15) is 18.0 Å². The molecule has 0 unspecified atom stereocenters. The Bertz CT molecular complexity index is 630. The Morgan fingerprint density at radius 2 is 1.95 bits per heavy atom. The second-order valence-electron chi connectivity index (χ2n) is 3.70. The first kappa shape index (κ1) is 15.6. The first-order chi connectivity index (χ1) is 8.70. The maximum Gasteiger partial charge on any atom is 0.276 e. The van der Waals surface area contributed by atoms with Crippen LogP contribution in [0, 0.1) is 6.92 Å². The lowest BCUT2D eigenvalue weighted by atomic mass is 10.1. The van der Waals surface area contributed by atoms with Crippen LogP contribution in [0.4, 0.5) is 0 Å². The molecule has 1 aromatic carbocycles. The standard InChI is InChI=1S/C10H12ClN3O4S/c1-6-3-2-4-7(9(6)19(13,17)18)10(16)14(12)8(15)5-11/h2-4H,5,12H2,1H3,(H2,13,17,18). The minimum absolute atomic E-state index is 0.260. The van der Waals surface area contributed by atoms with E-state index >= 15 is 0 Å². The number of nitrogens with zero attached hydrogens (tertiary/aromatic N) is 1. The molecule has 0 saturated heterocycles. The van der Waals surface area contributed by atoms with Crippen molar-refractivity contribution in [2.24, 2.45) is 11.0 Å². The van der Waals surface area contributed by atoms with Gasteiger partial charge in [0.05, 0.1) is 10.5 Å². The molecular weight excluding hydrogens is 294 g/mol. The van der Waals surface area contributed by atoms with Crippen molar-refractivity contribution >= 4 is 33.4 Å². The van der Waals surface area contributed by atoms with Crippen molar-refractivity contribution in [2.75, 3.05) is 5.88 Å². The number of hydrogen-bond donors (Lipinski definition) is 2. The summed E-state index contributed by atoms with van der Waals surface area (Å²) in [7, 11) is -4.12. The van der Waals surface area contributed by atoms with Crippen LogP contribution in [0.5, 0.6) is 0 Å². The summed E-state index contributed by atoms with van der Waals surface area (Å²) < 4.78 is 23.0. The molecule has 0 bridgehead atoms. The molecule has 2 amide bonds. The van der Waals surface area contributed by atoms with Crippen LogP contribution in [-0.2, 0) is 14.8 Å². The van der Waals surface area contributed by atoms with Crippen molar-refractivity contribution in [1.29, 1.82) is 0 Å². The zero-order chi connectivity index (χ0) is 14.8. The van der Waals surface area contributed by atoms with Gasteiger partial charge in [0, 0.05) is 0 Å². The van der Waals surface area contributed by atoms with Crippen molar-refractivity contribution in [3.8, 4) is 0 Å². The van der Waals surface area contributed by atoms with Gasteiger partial charge >= 0.3 is 0 Å². The Labute approximate surface area is 115 Å². The van der Waals surface area contributed by atoms with Crippen LogP contribution in [0.25, 0.3) is 0 Å². The molecule has 19 heavy (non-hydrogen) atoms. The van der Waals surface area contributed by atoms with E-state index < -0.39 is 27.7 Å². The maximum atomic E-state index is 12.0. The fraction of sp³-hybridized carbons (Fsp3) is 0.200. The highest BCUT2D eigenvalue weighted by atomic mass is 35.5. The summed E-state index contributed by atoms with van der Waals surface area (Å²) in [6, 6.07) is 4.15. The largest absolute Gasteiger partial charge is 0.276 e. The molecule has 1 rings (SSSR count). The van der Waals surface area contributed by atoms with Gasteiger partial charge in [0.15, 0.2) is 0 Å². The molecule has 0 atom stereocenters. The number of sulfonamides is 1. The highest BCUT2D eigenvalue weighted by Crippen LogP contribution is 2.20. The second-order valence-corrected chi connectivity index (χ2v) is 5.46. The number of halogens is 1. The predicted molar refractivity (Wildman–Crippen MR) is 68.6 cm³/mol. The molecule has 4 N–H and O–H groups in total. The van der Waals surface area contributed by atoms with Gasteiger partial charge in [-0.2, -0.15) is 0 Å². The zero-order valence-corrected chi connectivity index (χ0v) is 11.5. The smallest absolute Gasteiger partial charge is 0.272 e. The van der Waals surface area contributed by atoms with E-state index in [2.05, 4.69) is 0 Å². The number of amides is 2. The number of aryl methyl sites for hydroxylation is 1. The number of carbonyl (C=O) groups is 2. The van der Waals surface area contributed by atoms with E-state index in [4.69, 9.17) is 22.6 Å². The van der Waals surface area contributed by atoms with Crippen molar-refractivity contribution in [2.45, 2.75) is 11.8 Å². The molecule has 0 aromatic heterocycles. The van der Waals surface area contributed by atoms with Crippen LogP contribution in [-0.4, -0.2) is 31.1 Å². The highest BCUT2D eigenvalue weighted by molar-refractivity contribution is 7.89. The van der Waals surface area contributed by atoms with Gasteiger partial charge < -0.3 is 0 Å². The molecule has 9 heteroatoms. The third kappa shape index (κ3) is 3.29. The Morgan fingerprint density at radius 1 is 1.37 bits per heavy atom. The van der Waals surface area contributed by atoms with E-state index in [0.717, 1.165) is 0 Å². The van der Waals surface area contributed by atoms with Crippen molar-refractivity contribution in [3.63, 3.8) is 0 Å². The summed E-state index contributed by atoms with van der Waals surface area (Å²) in [5.41, 5.74) is 0.00328. The monoisotopic (exact) mass is 305 g/mol. The summed E-state index contributed by atoms with van der Waals surface area (Å²) in [6.45, 7) is 1.47. The molecule has 0 spiro atoms. The SMILES string of the molecule is Cc1cccc(C(=O)N(N)C(=O)CCl)c1S(N)(=O)=O. The summed E-state index contributed by atoms with van der Waals surface area (Å²) in [4.78, 5) is 22.8. The highest BCUT2D eigenvalue weighted by Gasteiger charge is 2.26. The third-order valence-corrected chi connectivity index (χ3v) is 3.67. The minimum Gasteiger partial charge on any atom is -0.272 e. The van der Waals surface area contributed by atoms with Gasteiger partial charge in [0.2, 0.25) is 10.0 Å². The van der Waals surface area contributed by atoms with Crippen molar-refractivity contribution < 1.29 is 18.0 Å². The molecular formula is C10H12ClN3O4S. The molecule has 0 aliphatic heterocycles. The number of primary sulfonamides is 1. The fourth-order valence-corrected chi connectivity index (χ4v) is 2.61. The molecule has 7 nitrogen and oxygen atoms in total. The van der Waals surface area contributed by atoms with Crippen LogP contribution in [0.1, 0.15) is 15.9 Å². The van der Waals surface area contributed by atoms with Gasteiger partial charge in [-0.05, 0) is 18.6 Å². The average Bonchev–Trinajstić information content (AvgIpc) is 2.34. The lowest BCUT2D eigenvalue weighted by Crippen LogP contribution is -2.44. The Hall–Kier alpha value is -1.48. The van der Waals surface area contributed by atoms with E-state index in [1.165, 1.54) is 25.1 Å². The van der Waals surface area contributed by atoms with Gasteiger partial charge in [-0.1, -0.05) is 12.1 Å². The van der Waals surface area contributed by atoms with Crippen LogP contribution in [0.15, 0.2) is 23.1 Å². The molecule has 0 fully saturated rings. The lowest BCUT2D eigenvalue weighted by molar-refractivity contribution is -0.126. The zero-order valence-electron chi connectivity index (χ0n) is 9.96. The molecule has 0 aliphatic rings. The summed E-state index contributed by atoms with van der Waals surface area (Å²) in [5, 5.41) is 5.32. The van der Waals surface area contributed by atoms with Gasteiger partial charge in [-0.15, -0.1) is 11.6 Å². The van der Waals surface area contributed by atoms with E-state index in [1.54, 1.807) is 0 Å². The first-order valence-corrected chi connectivity index (χ1v) is 7.08. The quantitative estimate of drug-likeness (QED) is 0.344. The van der Waals surface area contributed by atoms with E-state index in [1.807, 2.05) is 0 Å². The van der Waals surface area contributed by atoms with E-state index in [-0.39, 0.29) is 21.0 Å². The lowest BCUT2D eigenvalue weighted by Gasteiger charge is -2.16. The summed E-state index contributed by atoms with van der Waals surface area (Å²) in [5.74, 6) is 2.94. The number of carbonyl (C=O) groups excluding carboxylic acids is 2. The van der Waals surface area contributed by atoms with Gasteiger partial charge in [-0.25, -0.2) is 24.4 Å². The number of imide groups is 1. The number of nitrogens with two attached hydrogens (primary N) is 2. The molecule has 104 valence electrons. The van der Waals surface area contributed by atoms with Gasteiger partial charge in [-0.3, -0.25) is 9.59 Å². The molecule has 1 aromatic rings. The Kier molecular flexibility index (Phi) is 4.64. The van der Waals surface area contributed by atoms with Crippen molar-refractivity contribution in [1.82, 2.24) is 5.01 Å². The number of hydrazine groups is 1. The number of alkyl halides is 1. The predicted octanol–water partition coefficient (Wildman–Crippen LogP) is -0.276. The fourth-order valence-electron chi connectivity index (χ4n) is 1.51. The van der Waals surface area contributed by atoms with Crippen molar-refractivity contribution in [3.05, 3.63) is 29.3 Å². The third-order valence-electron chi connectivity index (χ3n) is 2.33. The first-order valence-electron chi connectivity index (χ1n) is 5.00. The number of benzene rings is 1. The summed E-state index contributed by atoms with van der Waals surface area (Å²) >= 11 is 5.27. The molecule has 0 heterocycles. The van der Waals surface area contributed by atoms with E-state index in [0.29, 0.717) is 0 Å².